The highest BCUT2D eigenvalue weighted by Crippen LogP contribution is 2.28. The fourth-order valence-corrected chi connectivity index (χ4v) is 6.75. The van der Waals surface area contributed by atoms with Gasteiger partial charge in [-0.3, -0.25) is 34.6 Å². The Bertz CT molecular complexity index is 2850. The lowest BCUT2D eigenvalue weighted by Crippen LogP contribution is -2.24. The fourth-order valence-electron chi connectivity index (χ4n) is 6.75. The van der Waals surface area contributed by atoms with E-state index in [4.69, 9.17) is 28.4 Å². The maximum Gasteiger partial charge on any atom is 0.275 e. The summed E-state index contributed by atoms with van der Waals surface area (Å²) in [6, 6.07) is 30.1. The zero-order valence-electron chi connectivity index (χ0n) is 39.7. The molecular weight excluding hydrogens is 921 g/mol. The van der Waals surface area contributed by atoms with Gasteiger partial charge in [0.15, 0.2) is 13.2 Å². The van der Waals surface area contributed by atoms with Crippen molar-refractivity contribution in [2.75, 3.05) is 27.3 Å². The van der Waals surface area contributed by atoms with Crippen molar-refractivity contribution < 1.29 is 62.9 Å². The van der Waals surface area contributed by atoms with Gasteiger partial charge in [0.25, 0.3) is 23.2 Å². The molecule has 0 bridgehead atoms. The smallest absolute Gasteiger partial charge is 0.275 e. The van der Waals surface area contributed by atoms with E-state index in [1.54, 1.807) is 50.4 Å². The zero-order valence-corrected chi connectivity index (χ0v) is 39.7. The Hall–Kier alpha value is -8.55. The van der Waals surface area contributed by atoms with Gasteiger partial charge in [0.2, 0.25) is 0 Å². The van der Waals surface area contributed by atoms with Gasteiger partial charge < -0.3 is 49.3 Å². The number of nitrogens with zero attached hydrogens (tertiary/aromatic N) is 2. The number of aliphatic hydroxyl groups excluding tert-OH is 2. The maximum atomic E-state index is 11.6. The summed E-state index contributed by atoms with van der Waals surface area (Å²) in [5.41, 5.74) is 6.68. The molecule has 19 heteroatoms. The van der Waals surface area contributed by atoms with Gasteiger partial charge in [0.1, 0.15) is 67.2 Å². The number of aliphatic hydroxyl groups is 2. The summed E-state index contributed by atoms with van der Waals surface area (Å²) in [4.78, 5) is 55.3. The van der Waals surface area contributed by atoms with E-state index >= 15 is 0 Å². The Morgan fingerprint density at radius 1 is 0.493 bits per heavy atom. The first-order valence-electron chi connectivity index (χ1n) is 21.9. The minimum absolute atomic E-state index is 0.00742. The van der Waals surface area contributed by atoms with Gasteiger partial charge in [-0.15, -0.1) is 0 Å². The van der Waals surface area contributed by atoms with Crippen LogP contribution in [0.4, 0.5) is 11.4 Å². The first-order chi connectivity index (χ1) is 34.1. The molecule has 6 aromatic rings. The van der Waals surface area contributed by atoms with Crippen LogP contribution in [0.15, 0.2) is 109 Å². The predicted molar refractivity (Wildman–Crippen MR) is 260 cm³/mol. The monoisotopic (exact) mass is 974 g/mol. The van der Waals surface area contributed by atoms with Crippen molar-refractivity contribution in [2.45, 2.75) is 60.4 Å². The normalized spacial score (nSPS) is 10.5. The van der Waals surface area contributed by atoms with E-state index in [1.807, 2.05) is 56.3 Å². The van der Waals surface area contributed by atoms with Gasteiger partial charge in [-0.25, -0.2) is 0 Å². The van der Waals surface area contributed by atoms with Crippen molar-refractivity contribution >= 4 is 29.5 Å². The van der Waals surface area contributed by atoms with E-state index in [1.165, 1.54) is 37.4 Å². The average Bonchev–Trinajstić information content (AvgIpc) is 3.37. The number of carbonyl (C=O) groups excluding carboxylic acids is 3. The maximum absolute atomic E-state index is 11.6. The van der Waals surface area contributed by atoms with E-state index in [0.717, 1.165) is 34.1 Å². The Labute approximate surface area is 409 Å². The second-order valence-corrected chi connectivity index (χ2v) is 15.8. The third-order valence-electron chi connectivity index (χ3n) is 10.6. The number of nitro benzene ring substituents is 2. The highest BCUT2D eigenvalue weighted by Gasteiger charge is 2.16. The molecule has 19 nitrogen and oxygen atoms in total. The number of nitro groups is 2. The lowest BCUT2D eigenvalue weighted by atomic mass is 10.1. The Kier molecular flexibility index (Phi) is 19.8. The van der Waals surface area contributed by atoms with Crippen LogP contribution >= 0.6 is 0 Å². The molecule has 0 unspecified atom stereocenters. The van der Waals surface area contributed by atoms with Crippen molar-refractivity contribution in [3.8, 4) is 34.5 Å². The number of ether oxygens (including phenoxy) is 6. The van der Waals surface area contributed by atoms with Gasteiger partial charge in [-0.05, 0) is 151 Å². The Morgan fingerprint density at radius 3 is 1.27 bits per heavy atom. The van der Waals surface area contributed by atoms with Crippen LogP contribution in [-0.2, 0) is 49.2 Å². The summed E-state index contributed by atoms with van der Waals surface area (Å²) >= 11 is 0. The van der Waals surface area contributed by atoms with E-state index in [-0.39, 0.29) is 75.0 Å². The van der Waals surface area contributed by atoms with Gasteiger partial charge in [0, 0.05) is 37.4 Å². The quantitative estimate of drug-likeness (QED) is 0.0276. The number of likely N-dealkylation sites (N-methyl/N-ethyl adjacent to an activating group) is 2. The predicted octanol–water partition coefficient (Wildman–Crippen LogP) is 7.48. The second kappa shape index (κ2) is 26.3. The van der Waals surface area contributed by atoms with Crippen LogP contribution in [0.2, 0.25) is 0 Å². The fraction of sp³-hybridized carbons (Fsp3) is 0.250. The van der Waals surface area contributed by atoms with Gasteiger partial charge in [0.05, 0.1) is 28.6 Å². The molecule has 0 heterocycles. The number of amides is 2. The molecule has 0 aromatic heterocycles. The number of hydrogen-bond donors (Lipinski definition) is 4. The van der Waals surface area contributed by atoms with E-state index < -0.39 is 16.5 Å². The molecule has 0 fully saturated rings. The molecular formula is C52H54N4O15. The van der Waals surface area contributed by atoms with Gasteiger partial charge >= 0.3 is 0 Å². The van der Waals surface area contributed by atoms with Crippen LogP contribution in [0.5, 0.6) is 34.5 Å². The average molecular weight is 975 g/mol. The first kappa shape index (κ1) is 53.4. The lowest BCUT2D eigenvalue weighted by molar-refractivity contribution is -0.385. The van der Waals surface area contributed by atoms with Crippen molar-refractivity contribution in [1.82, 2.24) is 10.6 Å². The Balaban J connectivity index is 0.000000265. The van der Waals surface area contributed by atoms with Crippen molar-refractivity contribution in [3.63, 3.8) is 0 Å². The van der Waals surface area contributed by atoms with Gasteiger partial charge in [-0.1, -0.05) is 6.07 Å². The van der Waals surface area contributed by atoms with Crippen molar-refractivity contribution in [2.24, 2.45) is 0 Å². The molecule has 0 aliphatic carbocycles. The third-order valence-corrected chi connectivity index (χ3v) is 10.6. The minimum atomic E-state index is -0.582. The van der Waals surface area contributed by atoms with Crippen LogP contribution < -0.4 is 39.1 Å². The highest BCUT2D eigenvalue weighted by atomic mass is 16.6. The molecule has 0 spiro atoms. The zero-order chi connectivity index (χ0) is 51.5. The van der Waals surface area contributed by atoms with E-state index in [0.29, 0.717) is 56.8 Å². The number of benzene rings is 6. The summed E-state index contributed by atoms with van der Waals surface area (Å²) < 4.78 is 34.7. The SMILES string of the molecule is CNC(=O)COc1cc(COc2ccc(C=O)c(C)c2)cc(COc2ccc(CO)c(C)c2)c1.CNC(=O)COc1cc(COc2ccc([N+](=O)[O-])c(C)c2)cc(COc2ccc([N+](=O)[O-])c(CO)c2)c1. The molecule has 0 saturated heterocycles. The van der Waals surface area contributed by atoms with Crippen LogP contribution in [0.3, 0.4) is 0 Å². The number of rotatable bonds is 23. The summed E-state index contributed by atoms with van der Waals surface area (Å²) in [6.45, 7) is 5.28. The number of hydrogen-bond acceptors (Lipinski definition) is 15. The highest BCUT2D eigenvalue weighted by molar-refractivity contribution is 5.78. The molecule has 6 aromatic carbocycles. The molecule has 71 heavy (non-hydrogen) atoms. The number of aldehydes is 1. The van der Waals surface area contributed by atoms with Gasteiger partial charge in [-0.2, -0.15) is 0 Å². The molecule has 0 aliphatic heterocycles. The topological polar surface area (TPSA) is 257 Å². The summed E-state index contributed by atoms with van der Waals surface area (Å²) in [5.74, 6) is 2.48. The molecule has 4 N–H and O–H groups in total. The number of nitrogens with one attached hydrogen (secondary N) is 2. The standard InChI is InChI=1S/C27H29NO6.C25H25N3O9/c1-18-8-24(6-4-22(18)13-29)32-15-20-10-21(12-26(11-20)34-17-27(31)28-3)16-33-25-7-5-23(14-30)19(2)9-25;1-16-7-20(3-5-23(16)27(31)32)35-13-17-8-18(10-22(9-17)37-15-25(30)26-2)14-36-21-4-6-24(28(33)34)19(11-21)12-29/h4-13,30H,14-17H2,1-3H3,(H,28,31);3-11,29H,12-15H2,1-2H3,(H,26,30). The number of aryl methyl sites for hydroxylation is 3. The van der Waals surface area contributed by atoms with Crippen LogP contribution in [0.1, 0.15) is 60.4 Å². The molecule has 0 atom stereocenters. The molecule has 2 amide bonds. The summed E-state index contributed by atoms with van der Waals surface area (Å²) in [5, 5.41) is 45.9. The first-order valence-corrected chi connectivity index (χ1v) is 21.9. The van der Waals surface area contributed by atoms with Crippen molar-refractivity contribution in [3.05, 3.63) is 185 Å². The van der Waals surface area contributed by atoms with Crippen LogP contribution in [0.25, 0.3) is 0 Å². The molecule has 0 radical (unpaired) electrons. The Morgan fingerprint density at radius 2 is 0.887 bits per heavy atom. The second-order valence-electron chi connectivity index (χ2n) is 15.8. The van der Waals surface area contributed by atoms with Crippen LogP contribution in [-0.4, -0.2) is 65.5 Å². The lowest BCUT2D eigenvalue weighted by Gasteiger charge is -2.14. The molecule has 6 rings (SSSR count). The summed E-state index contributed by atoms with van der Waals surface area (Å²) in [7, 11) is 3.05. The largest absolute Gasteiger partial charge is 0.489 e. The van der Waals surface area contributed by atoms with E-state index in [9.17, 15) is 44.8 Å². The molecule has 0 saturated carbocycles. The van der Waals surface area contributed by atoms with Crippen LogP contribution in [0, 0.1) is 41.0 Å². The van der Waals surface area contributed by atoms with E-state index in [2.05, 4.69) is 10.6 Å². The molecule has 0 aliphatic rings. The minimum Gasteiger partial charge on any atom is -0.489 e. The molecule has 372 valence electrons. The number of carbonyl (C=O) groups is 3. The van der Waals surface area contributed by atoms with Crippen molar-refractivity contribution in [1.29, 1.82) is 0 Å². The third kappa shape index (κ3) is 16.3. The summed E-state index contributed by atoms with van der Waals surface area (Å²) in [6.07, 6.45) is 0.817.